The van der Waals surface area contributed by atoms with Gasteiger partial charge in [0.25, 0.3) is 15.6 Å². The Kier molecular flexibility index (Phi) is 4.91. The van der Waals surface area contributed by atoms with Crippen LogP contribution in [-0.4, -0.2) is 23.4 Å². The highest BCUT2D eigenvalue weighted by molar-refractivity contribution is 7.89. The summed E-state index contributed by atoms with van der Waals surface area (Å²) >= 11 is 6.16. The molecule has 1 aromatic carbocycles. The number of benzene rings is 1. The van der Waals surface area contributed by atoms with E-state index in [0.717, 1.165) is 10.3 Å². The smallest absolute Gasteiger partial charge is 0.278 e. The summed E-state index contributed by atoms with van der Waals surface area (Å²) in [5.74, 6) is -0.113. The predicted molar refractivity (Wildman–Crippen MR) is 93.4 cm³/mol. The average Bonchev–Trinajstić information content (AvgIpc) is 2.73. The van der Waals surface area contributed by atoms with Gasteiger partial charge in [-0.3, -0.25) is 4.79 Å². The van der Waals surface area contributed by atoms with Crippen LogP contribution in [0.5, 0.6) is 0 Å². The van der Waals surface area contributed by atoms with Crippen LogP contribution in [-0.2, 0) is 10.0 Å². The lowest BCUT2D eigenvalue weighted by Gasteiger charge is -2.18. The molecule has 0 fully saturated rings. The fourth-order valence-corrected chi connectivity index (χ4v) is 3.93. The van der Waals surface area contributed by atoms with Gasteiger partial charge < -0.3 is 5.73 Å². The van der Waals surface area contributed by atoms with Crippen LogP contribution >= 0.6 is 11.6 Å². The second kappa shape index (κ2) is 6.41. The monoisotopic (exact) mass is 357 g/mol. The van der Waals surface area contributed by atoms with Crippen LogP contribution in [0.25, 0.3) is 11.1 Å². The van der Waals surface area contributed by atoms with E-state index in [1.54, 1.807) is 24.3 Å². The molecule has 1 heterocycles. The second-order valence-electron chi connectivity index (χ2n) is 5.37. The van der Waals surface area contributed by atoms with Crippen molar-refractivity contribution in [2.45, 2.75) is 32.7 Å². The Balaban J connectivity index is 2.93. The van der Waals surface area contributed by atoms with Gasteiger partial charge >= 0.3 is 0 Å². The molecule has 0 saturated carbocycles. The number of rotatable bonds is 5. The maximum atomic E-state index is 12.9. The van der Waals surface area contributed by atoms with Crippen LogP contribution in [0.2, 0.25) is 5.02 Å². The van der Waals surface area contributed by atoms with Crippen LogP contribution in [0.15, 0.2) is 29.1 Å². The molecule has 2 N–H and O–H groups in total. The highest BCUT2D eigenvalue weighted by atomic mass is 35.5. The fourth-order valence-electron chi connectivity index (χ4n) is 2.72. The third-order valence-corrected chi connectivity index (χ3v) is 5.16. The molecule has 0 spiro atoms. The number of nitrogen functional groups attached to an aromatic ring is 1. The van der Waals surface area contributed by atoms with Gasteiger partial charge in [-0.1, -0.05) is 43.6 Å². The van der Waals surface area contributed by atoms with Gasteiger partial charge in [0.2, 0.25) is 0 Å². The standard InChI is InChI=1S/C15H20ClN3O3S/c1-4-10(5-2)18-15(20)13(11-8-6-7-9-12(11)16)14(17)19(18)23(3,21)22/h6-10H,4-5,17H2,1-3H3. The van der Waals surface area contributed by atoms with E-state index < -0.39 is 15.6 Å². The van der Waals surface area contributed by atoms with Crippen molar-refractivity contribution in [1.82, 2.24) is 8.77 Å². The van der Waals surface area contributed by atoms with Gasteiger partial charge in [0.1, 0.15) is 5.82 Å². The van der Waals surface area contributed by atoms with Gasteiger partial charge in [-0.25, -0.2) is 13.1 Å². The molecule has 0 atom stereocenters. The van der Waals surface area contributed by atoms with Crippen molar-refractivity contribution in [3.05, 3.63) is 39.6 Å². The summed E-state index contributed by atoms with van der Waals surface area (Å²) in [6.45, 7) is 3.79. The van der Waals surface area contributed by atoms with Crippen LogP contribution in [0.1, 0.15) is 32.7 Å². The van der Waals surface area contributed by atoms with Crippen molar-refractivity contribution in [2.75, 3.05) is 12.0 Å². The minimum Gasteiger partial charge on any atom is -0.382 e. The van der Waals surface area contributed by atoms with E-state index in [4.69, 9.17) is 17.3 Å². The first kappa shape index (κ1) is 17.6. The number of hydrogen-bond acceptors (Lipinski definition) is 4. The van der Waals surface area contributed by atoms with Gasteiger partial charge in [0, 0.05) is 10.6 Å². The summed E-state index contributed by atoms with van der Waals surface area (Å²) in [4.78, 5) is 12.9. The highest BCUT2D eigenvalue weighted by Crippen LogP contribution is 2.31. The summed E-state index contributed by atoms with van der Waals surface area (Å²) in [6.07, 6.45) is 2.24. The highest BCUT2D eigenvalue weighted by Gasteiger charge is 2.28. The second-order valence-corrected chi connectivity index (χ2v) is 7.59. The summed E-state index contributed by atoms with van der Waals surface area (Å²) < 4.78 is 26.5. The molecule has 126 valence electrons. The topological polar surface area (TPSA) is 87.1 Å². The van der Waals surface area contributed by atoms with E-state index in [9.17, 15) is 13.2 Å². The molecule has 0 amide bonds. The zero-order valence-corrected chi connectivity index (χ0v) is 14.9. The zero-order chi connectivity index (χ0) is 17.4. The van der Waals surface area contributed by atoms with Gasteiger partial charge in [0.05, 0.1) is 17.9 Å². The summed E-state index contributed by atoms with van der Waals surface area (Å²) in [7, 11) is -3.74. The Hall–Kier alpha value is -1.73. The molecule has 0 aliphatic heterocycles. The van der Waals surface area contributed by atoms with Crippen molar-refractivity contribution in [1.29, 1.82) is 0 Å². The lowest BCUT2D eigenvalue weighted by molar-refractivity contribution is 0.398. The van der Waals surface area contributed by atoms with Crippen molar-refractivity contribution >= 4 is 27.4 Å². The predicted octanol–water partition coefficient (Wildman–Crippen LogP) is 2.72. The molecule has 1 aromatic heterocycles. The minimum absolute atomic E-state index is 0.113. The molecule has 0 unspecified atom stereocenters. The Labute approximate surface area is 140 Å². The normalized spacial score (nSPS) is 12.0. The van der Waals surface area contributed by atoms with Gasteiger partial charge in [-0.05, 0) is 18.9 Å². The van der Waals surface area contributed by atoms with E-state index in [-0.39, 0.29) is 17.4 Å². The van der Waals surface area contributed by atoms with E-state index in [1.165, 1.54) is 4.68 Å². The van der Waals surface area contributed by atoms with Crippen molar-refractivity contribution in [3.8, 4) is 11.1 Å². The lowest BCUT2D eigenvalue weighted by atomic mass is 10.1. The molecule has 23 heavy (non-hydrogen) atoms. The number of nitrogens with zero attached hydrogens (tertiary/aromatic N) is 2. The van der Waals surface area contributed by atoms with Crippen molar-refractivity contribution < 1.29 is 8.42 Å². The van der Waals surface area contributed by atoms with Crippen LogP contribution in [0, 0.1) is 0 Å². The zero-order valence-electron chi connectivity index (χ0n) is 13.3. The van der Waals surface area contributed by atoms with Crippen molar-refractivity contribution in [2.24, 2.45) is 0 Å². The largest absolute Gasteiger partial charge is 0.382 e. The van der Waals surface area contributed by atoms with Gasteiger partial charge in [-0.2, -0.15) is 4.09 Å². The molecule has 6 nitrogen and oxygen atoms in total. The molecule has 2 aromatic rings. The van der Waals surface area contributed by atoms with Crippen LogP contribution < -0.4 is 11.3 Å². The molecule has 0 saturated heterocycles. The molecular formula is C15H20ClN3O3S. The fraction of sp³-hybridized carbons (Fsp3) is 0.400. The number of halogens is 1. The van der Waals surface area contributed by atoms with Crippen LogP contribution in [0.3, 0.4) is 0 Å². The quantitative estimate of drug-likeness (QED) is 0.891. The van der Waals surface area contributed by atoms with Gasteiger partial charge in [-0.15, -0.1) is 0 Å². The first-order valence-corrected chi connectivity index (χ1v) is 9.55. The Morgan fingerprint density at radius 1 is 1.22 bits per heavy atom. The van der Waals surface area contributed by atoms with E-state index in [2.05, 4.69) is 0 Å². The third-order valence-electron chi connectivity index (χ3n) is 3.83. The summed E-state index contributed by atoms with van der Waals surface area (Å²) in [5.41, 5.74) is 6.14. The third kappa shape index (κ3) is 3.03. The number of anilines is 1. The van der Waals surface area contributed by atoms with E-state index in [0.29, 0.717) is 23.4 Å². The molecule has 0 aliphatic carbocycles. The first-order chi connectivity index (χ1) is 10.7. The summed E-state index contributed by atoms with van der Waals surface area (Å²) in [5, 5.41) is 0.346. The molecule has 0 aliphatic rings. The Morgan fingerprint density at radius 2 is 1.78 bits per heavy atom. The van der Waals surface area contributed by atoms with Gasteiger partial charge in [0.15, 0.2) is 0 Å². The first-order valence-electron chi connectivity index (χ1n) is 7.32. The lowest BCUT2D eigenvalue weighted by Crippen LogP contribution is -2.31. The number of hydrogen-bond donors (Lipinski definition) is 1. The Morgan fingerprint density at radius 3 is 2.26 bits per heavy atom. The molecular weight excluding hydrogens is 338 g/mol. The Bertz CT molecular complexity index is 880. The maximum Gasteiger partial charge on any atom is 0.278 e. The molecule has 8 heteroatoms. The molecule has 0 radical (unpaired) electrons. The molecule has 2 rings (SSSR count). The minimum atomic E-state index is -3.74. The number of aromatic nitrogens is 2. The van der Waals surface area contributed by atoms with E-state index in [1.807, 2.05) is 13.8 Å². The summed E-state index contributed by atoms with van der Waals surface area (Å²) in [6, 6.07) is 6.47. The van der Waals surface area contributed by atoms with Crippen molar-refractivity contribution in [3.63, 3.8) is 0 Å². The van der Waals surface area contributed by atoms with Crippen LogP contribution in [0.4, 0.5) is 5.82 Å². The van der Waals surface area contributed by atoms with E-state index >= 15 is 0 Å². The molecule has 0 bridgehead atoms. The SMILES string of the molecule is CCC(CC)n1c(=O)c(-c2ccccc2Cl)c(N)n1S(C)(=O)=O. The maximum absolute atomic E-state index is 12.9. The average molecular weight is 358 g/mol. The number of nitrogens with two attached hydrogens (primary N) is 1.